The molecule has 0 aromatic heterocycles. The van der Waals surface area contributed by atoms with Crippen LogP contribution in [0.4, 0.5) is 0 Å². The van der Waals surface area contributed by atoms with Crippen molar-refractivity contribution in [1.29, 1.82) is 0 Å². The van der Waals surface area contributed by atoms with E-state index < -0.39 is 5.41 Å². The summed E-state index contributed by atoms with van der Waals surface area (Å²) in [6.45, 7) is 3.79. The molecule has 0 unspecified atom stereocenters. The van der Waals surface area contributed by atoms with E-state index in [0.717, 1.165) is 37.0 Å². The highest BCUT2D eigenvalue weighted by molar-refractivity contribution is 5.94. The van der Waals surface area contributed by atoms with Crippen molar-refractivity contribution in [3.05, 3.63) is 65.2 Å². The zero-order chi connectivity index (χ0) is 21.7. The topological polar surface area (TPSA) is 55.8 Å². The predicted octanol–water partition coefficient (Wildman–Crippen LogP) is 4.57. The van der Waals surface area contributed by atoms with Crippen LogP contribution < -0.4 is 4.74 Å². The first kappa shape index (κ1) is 21.4. The van der Waals surface area contributed by atoms with Crippen molar-refractivity contribution >= 4 is 11.9 Å². The summed E-state index contributed by atoms with van der Waals surface area (Å²) in [7, 11) is 0. The minimum absolute atomic E-state index is 0.0429. The molecule has 0 bridgehead atoms. The number of carbonyl (C=O) groups is 2. The Hall–Kier alpha value is -2.82. The number of esters is 1. The van der Waals surface area contributed by atoms with Gasteiger partial charge in [0.1, 0.15) is 19.0 Å². The molecule has 4 rings (SSSR count). The maximum absolute atomic E-state index is 13.1. The molecule has 31 heavy (non-hydrogen) atoms. The van der Waals surface area contributed by atoms with Gasteiger partial charge in [0.05, 0.1) is 5.41 Å². The molecule has 0 atom stereocenters. The molecule has 1 fully saturated rings. The molecule has 0 radical (unpaired) electrons. The number of amides is 1. The predicted molar refractivity (Wildman–Crippen MR) is 119 cm³/mol. The van der Waals surface area contributed by atoms with Gasteiger partial charge in [-0.1, -0.05) is 42.3 Å². The summed E-state index contributed by atoms with van der Waals surface area (Å²) in [6.07, 6.45) is 5.01. The van der Waals surface area contributed by atoms with E-state index in [9.17, 15) is 9.59 Å². The maximum atomic E-state index is 13.1. The van der Waals surface area contributed by atoms with E-state index in [0.29, 0.717) is 38.1 Å². The van der Waals surface area contributed by atoms with Crippen LogP contribution in [0.5, 0.6) is 5.75 Å². The summed E-state index contributed by atoms with van der Waals surface area (Å²) in [5, 5.41) is 0. The molecule has 0 N–H and O–H groups in total. The third kappa shape index (κ3) is 4.92. The highest BCUT2D eigenvalue weighted by Gasteiger charge is 2.43. The molecule has 1 saturated heterocycles. The first-order chi connectivity index (χ1) is 15.1. The van der Waals surface area contributed by atoms with Crippen LogP contribution in [-0.2, 0) is 16.0 Å². The summed E-state index contributed by atoms with van der Waals surface area (Å²) in [4.78, 5) is 27.8. The standard InChI is InChI=1S/C26H31NO4/c1-20-9-11-22(12-10-20)24(28)27-16-14-26(15-17-27)13-5-4-7-21-6-2-3-8-23(21)30-18-19-31-25(26)29/h2-3,6,8-12H,4-5,7,13-19H2,1H3. The van der Waals surface area contributed by atoms with Crippen molar-refractivity contribution in [2.75, 3.05) is 26.3 Å². The van der Waals surface area contributed by atoms with E-state index in [1.165, 1.54) is 5.56 Å². The molecule has 164 valence electrons. The van der Waals surface area contributed by atoms with E-state index in [-0.39, 0.29) is 18.5 Å². The summed E-state index contributed by atoms with van der Waals surface area (Å²) in [5.74, 6) is 0.797. The van der Waals surface area contributed by atoms with Gasteiger partial charge in [-0.05, 0) is 62.8 Å². The van der Waals surface area contributed by atoms with Crippen molar-refractivity contribution in [2.24, 2.45) is 5.41 Å². The highest BCUT2D eigenvalue weighted by atomic mass is 16.6. The number of ether oxygens (including phenoxy) is 2. The summed E-state index contributed by atoms with van der Waals surface area (Å²) >= 11 is 0. The number of rotatable bonds is 1. The maximum Gasteiger partial charge on any atom is 0.312 e. The Balaban J connectivity index is 1.41. The van der Waals surface area contributed by atoms with Gasteiger partial charge in [-0.2, -0.15) is 0 Å². The van der Waals surface area contributed by atoms with Gasteiger partial charge in [0, 0.05) is 18.7 Å². The van der Waals surface area contributed by atoms with Crippen LogP contribution in [0.2, 0.25) is 0 Å². The molecule has 5 heteroatoms. The molecule has 2 aliphatic rings. The highest BCUT2D eigenvalue weighted by Crippen LogP contribution is 2.39. The summed E-state index contributed by atoms with van der Waals surface area (Å²) < 4.78 is 11.5. The van der Waals surface area contributed by atoms with Gasteiger partial charge in [0.15, 0.2) is 0 Å². The second-order valence-electron chi connectivity index (χ2n) is 8.74. The Morgan fingerprint density at radius 1 is 0.903 bits per heavy atom. The molecule has 1 spiro atoms. The lowest BCUT2D eigenvalue weighted by molar-refractivity contribution is -0.160. The lowest BCUT2D eigenvalue weighted by Crippen LogP contribution is -2.47. The number of carbonyl (C=O) groups excluding carboxylic acids is 2. The van der Waals surface area contributed by atoms with Gasteiger partial charge in [-0.3, -0.25) is 9.59 Å². The van der Waals surface area contributed by atoms with Crippen molar-refractivity contribution in [3.8, 4) is 5.75 Å². The Kier molecular flexibility index (Phi) is 6.59. The molecular weight excluding hydrogens is 390 g/mol. The summed E-state index contributed by atoms with van der Waals surface area (Å²) in [5.41, 5.74) is 2.56. The summed E-state index contributed by atoms with van der Waals surface area (Å²) in [6, 6.07) is 15.8. The third-order valence-corrected chi connectivity index (χ3v) is 6.64. The normalized spacial score (nSPS) is 19.4. The van der Waals surface area contributed by atoms with Gasteiger partial charge < -0.3 is 14.4 Å². The number of hydrogen-bond acceptors (Lipinski definition) is 4. The van der Waals surface area contributed by atoms with E-state index in [1.54, 1.807) is 0 Å². The van der Waals surface area contributed by atoms with Gasteiger partial charge >= 0.3 is 5.97 Å². The zero-order valence-electron chi connectivity index (χ0n) is 18.3. The number of benzene rings is 2. The molecule has 5 nitrogen and oxygen atoms in total. The number of piperidine rings is 1. The smallest absolute Gasteiger partial charge is 0.312 e. The van der Waals surface area contributed by atoms with E-state index >= 15 is 0 Å². The first-order valence-electron chi connectivity index (χ1n) is 11.3. The number of fused-ring (bicyclic) bond motifs is 1. The molecular formula is C26H31NO4. The fourth-order valence-corrected chi connectivity index (χ4v) is 4.64. The van der Waals surface area contributed by atoms with Crippen molar-refractivity contribution in [3.63, 3.8) is 0 Å². The van der Waals surface area contributed by atoms with Gasteiger partial charge in [0.25, 0.3) is 5.91 Å². The monoisotopic (exact) mass is 421 g/mol. The van der Waals surface area contributed by atoms with Crippen LogP contribution in [0.1, 0.15) is 53.6 Å². The van der Waals surface area contributed by atoms with Gasteiger partial charge in [-0.15, -0.1) is 0 Å². The van der Waals surface area contributed by atoms with Crippen molar-refractivity contribution in [1.82, 2.24) is 4.90 Å². The Bertz CT molecular complexity index is 913. The Labute approximate surface area is 184 Å². The van der Waals surface area contributed by atoms with Gasteiger partial charge in [0.2, 0.25) is 0 Å². The van der Waals surface area contributed by atoms with Crippen LogP contribution in [0, 0.1) is 12.3 Å². The number of aryl methyl sites for hydroxylation is 2. The molecule has 0 saturated carbocycles. The first-order valence-corrected chi connectivity index (χ1v) is 11.3. The SMILES string of the molecule is Cc1ccc(C(=O)N2CCC3(CCCCc4ccccc4OCCOC3=O)CC2)cc1. The number of para-hydroxylation sites is 1. The third-order valence-electron chi connectivity index (χ3n) is 6.64. The average molecular weight is 422 g/mol. The number of nitrogens with zero attached hydrogens (tertiary/aromatic N) is 1. The fraction of sp³-hybridized carbons (Fsp3) is 0.462. The lowest BCUT2D eigenvalue weighted by Gasteiger charge is -2.40. The molecule has 1 amide bonds. The van der Waals surface area contributed by atoms with E-state index in [2.05, 4.69) is 6.07 Å². The molecule has 2 aromatic rings. The van der Waals surface area contributed by atoms with Crippen LogP contribution in [0.15, 0.2) is 48.5 Å². The van der Waals surface area contributed by atoms with Gasteiger partial charge in [-0.25, -0.2) is 0 Å². The lowest BCUT2D eigenvalue weighted by atomic mass is 9.74. The second-order valence-corrected chi connectivity index (χ2v) is 8.74. The fourth-order valence-electron chi connectivity index (χ4n) is 4.64. The number of cyclic esters (lactones) is 1. The Morgan fingerprint density at radius 2 is 1.61 bits per heavy atom. The minimum Gasteiger partial charge on any atom is -0.490 e. The van der Waals surface area contributed by atoms with Crippen molar-refractivity contribution in [2.45, 2.75) is 45.4 Å². The van der Waals surface area contributed by atoms with Crippen LogP contribution in [-0.4, -0.2) is 43.1 Å². The molecule has 2 heterocycles. The largest absolute Gasteiger partial charge is 0.490 e. The van der Waals surface area contributed by atoms with Crippen LogP contribution in [0.25, 0.3) is 0 Å². The molecule has 2 aromatic carbocycles. The molecule has 0 aliphatic carbocycles. The zero-order valence-corrected chi connectivity index (χ0v) is 18.3. The molecule has 2 aliphatic heterocycles. The number of likely N-dealkylation sites (tertiary alicyclic amines) is 1. The van der Waals surface area contributed by atoms with E-state index in [1.807, 2.05) is 54.3 Å². The average Bonchev–Trinajstić information content (AvgIpc) is 2.80. The second kappa shape index (κ2) is 9.54. The quantitative estimate of drug-likeness (QED) is 0.633. The van der Waals surface area contributed by atoms with Crippen molar-refractivity contribution < 1.29 is 19.1 Å². The minimum atomic E-state index is -0.497. The van der Waals surface area contributed by atoms with Crippen LogP contribution in [0.3, 0.4) is 0 Å². The van der Waals surface area contributed by atoms with E-state index in [4.69, 9.17) is 9.47 Å². The number of hydrogen-bond donors (Lipinski definition) is 0. The Morgan fingerprint density at radius 3 is 2.39 bits per heavy atom. The van der Waals surface area contributed by atoms with Crippen LogP contribution >= 0.6 is 0 Å².